The maximum absolute atomic E-state index is 6.15. The molecule has 0 spiro atoms. The van der Waals surface area contributed by atoms with Gasteiger partial charge in [-0.25, -0.2) is 5.43 Å². The summed E-state index contributed by atoms with van der Waals surface area (Å²) in [5.41, 5.74) is 4.28. The van der Waals surface area contributed by atoms with Crippen LogP contribution < -0.4 is 11.3 Å². The average Bonchev–Trinajstić information content (AvgIpc) is 2.94. The summed E-state index contributed by atoms with van der Waals surface area (Å²) in [5.74, 6) is 5.58. The Morgan fingerprint density at radius 1 is 1.59 bits per heavy atom. The topological polar surface area (TPSA) is 81.7 Å². The molecule has 2 heterocycles. The first kappa shape index (κ1) is 12.4. The number of rotatable bonds is 5. The number of hydrogen-bond acceptors (Lipinski definition) is 6. The lowest BCUT2D eigenvalue weighted by molar-refractivity contribution is 0.517. The molecule has 0 radical (unpaired) electrons. The molecule has 8 heteroatoms. The van der Waals surface area contributed by atoms with Crippen molar-refractivity contribution >= 4 is 23.3 Å². The largest absolute Gasteiger partial charge is 0.270 e. The molecule has 0 saturated carbocycles. The van der Waals surface area contributed by atoms with Gasteiger partial charge in [-0.05, 0) is 6.42 Å². The smallest absolute Gasteiger partial charge is 0.109 e. The van der Waals surface area contributed by atoms with Gasteiger partial charge in [0.05, 0.1) is 40.5 Å². The summed E-state index contributed by atoms with van der Waals surface area (Å²) in [4.78, 5) is 0. The molecule has 0 amide bonds. The molecular weight excluding hydrogens is 260 g/mol. The van der Waals surface area contributed by atoms with Crippen molar-refractivity contribution in [2.24, 2.45) is 5.84 Å². The summed E-state index contributed by atoms with van der Waals surface area (Å²) in [6.07, 6.45) is 4.27. The summed E-state index contributed by atoms with van der Waals surface area (Å²) >= 11 is 7.28. The maximum Gasteiger partial charge on any atom is 0.109 e. The normalized spacial score (nSPS) is 12.9. The molecule has 0 aliphatic carbocycles. The molecule has 2 aromatic heterocycles. The quantitative estimate of drug-likeness (QED) is 0.634. The van der Waals surface area contributed by atoms with Crippen molar-refractivity contribution in [2.75, 3.05) is 0 Å². The maximum atomic E-state index is 6.15. The van der Waals surface area contributed by atoms with Gasteiger partial charge in [0.1, 0.15) is 6.04 Å². The molecular formula is C9H13ClN6S. The van der Waals surface area contributed by atoms with Crippen molar-refractivity contribution in [3.05, 3.63) is 28.8 Å². The van der Waals surface area contributed by atoms with E-state index in [4.69, 9.17) is 17.4 Å². The molecule has 6 nitrogen and oxygen atoms in total. The van der Waals surface area contributed by atoms with E-state index in [1.165, 1.54) is 0 Å². The van der Waals surface area contributed by atoms with E-state index >= 15 is 0 Å². The van der Waals surface area contributed by atoms with Gasteiger partial charge in [-0.2, -0.15) is 13.8 Å². The van der Waals surface area contributed by atoms with E-state index in [2.05, 4.69) is 26.2 Å². The number of hydrazine groups is 1. The second kappa shape index (κ2) is 5.54. The highest BCUT2D eigenvalue weighted by Crippen LogP contribution is 2.27. The molecule has 2 rings (SSSR count). The molecule has 92 valence electrons. The third kappa shape index (κ3) is 2.47. The molecule has 1 unspecified atom stereocenters. The van der Waals surface area contributed by atoms with Crippen molar-refractivity contribution in [2.45, 2.75) is 25.9 Å². The van der Waals surface area contributed by atoms with Gasteiger partial charge in [0.25, 0.3) is 0 Å². The van der Waals surface area contributed by atoms with Crippen LogP contribution in [0.1, 0.15) is 30.8 Å². The Bertz CT molecular complexity index is 468. The van der Waals surface area contributed by atoms with Gasteiger partial charge >= 0.3 is 0 Å². The van der Waals surface area contributed by atoms with Gasteiger partial charge in [0, 0.05) is 6.54 Å². The van der Waals surface area contributed by atoms with Gasteiger partial charge in [-0.15, -0.1) is 0 Å². The minimum absolute atomic E-state index is 0.282. The third-order valence-corrected chi connectivity index (χ3v) is 3.17. The summed E-state index contributed by atoms with van der Waals surface area (Å²) in [5, 5.41) is 4.81. The molecule has 3 N–H and O–H groups in total. The highest BCUT2D eigenvalue weighted by atomic mass is 35.5. The Morgan fingerprint density at radius 3 is 3.00 bits per heavy atom. The molecule has 0 aliphatic heterocycles. The predicted molar refractivity (Wildman–Crippen MR) is 66.6 cm³/mol. The lowest BCUT2D eigenvalue weighted by Gasteiger charge is -2.15. The third-order valence-electron chi connectivity index (χ3n) is 2.38. The van der Waals surface area contributed by atoms with Gasteiger partial charge in [-0.3, -0.25) is 10.5 Å². The first-order valence-corrected chi connectivity index (χ1v) is 6.33. The number of nitrogens with zero attached hydrogens (tertiary/aromatic N) is 4. The van der Waals surface area contributed by atoms with Gasteiger partial charge in [-0.1, -0.05) is 18.5 Å². The van der Waals surface area contributed by atoms with Crippen LogP contribution in [0.4, 0.5) is 0 Å². The Morgan fingerprint density at radius 2 is 2.41 bits per heavy atom. The number of nitrogens with two attached hydrogens (primary N) is 1. The first-order chi connectivity index (χ1) is 8.27. The number of halogens is 1. The van der Waals surface area contributed by atoms with Crippen LogP contribution in [-0.2, 0) is 6.54 Å². The monoisotopic (exact) mass is 272 g/mol. The number of nitrogens with one attached hydrogen (secondary N) is 1. The molecule has 0 saturated heterocycles. The predicted octanol–water partition coefficient (Wildman–Crippen LogP) is 1.35. The zero-order valence-electron chi connectivity index (χ0n) is 9.30. The van der Waals surface area contributed by atoms with Crippen LogP contribution in [0.25, 0.3) is 0 Å². The van der Waals surface area contributed by atoms with Crippen LogP contribution >= 0.6 is 23.3 Å². The minimum atomic E-state index is -0.282. The van der Waals surface area contributed by atoms with E-state index in [1.54, 1.807) is 12.4 Å². The zero-order valence-corrected chi connectivity index (χ0v) is 10.9. The van der Waals surface area contributed by atoms with E-state index in [-0.39, 0.29) is 6.04 Å². The second-order valence-electron chi connectivity index (χ2n) is 3.53. The van der Waals surface area contributed by atoms with Crippen molar-refractivity contribution < 1.29 is 0 Å². The summed E-state index contributed by atoms with van der Waals surface area (Å²) < 4.78 is 9.98. The van der Waals surface area contributed by atoms with Crippen LogP contribution in [0, 0.1) is 0 Å². The lowest BCUT2D eigenvalue weighted by Crippen LogP contribution is -2.31. The number of hydrogen-bond donors (Lipinski definition) is 2. The SMILES string of the molecule is CCCn1ncc(Cl)c1C(NN)c1cnsn1. The van der Waals surface area contributed by atoms with Crippen LogP contribution in [0.2, 0.25) is 5.02 Å². The molecule has 0 bridgehead atoms. The van der Waals surface area contributed by atoms with Crippen molar-refractivity contribution in [1.82, 2.24) is 24.0 Å². The van der Waals surface area contributed by atoms with Gasteiger partial charge < -0.3 is 0 Å². The Labute approximate surface area is 108 Å². The average molecular weight is 273 g/mol. The number of aromatic nitrogens is 4. The number of aryl methyl sites for hydroxylation is 1. The van der Waals surface area contributed by atoms with Gasteiger partial charge in [0.15, 0.2) is 0 Å². The van der Waals surface area contributed by atoms with Crippen molar-refractivity contribution in [1.29, 1.82) is 0 Å². The highest BCUT2D eigenvalue weighted by Gasteiger charge is 2.22. The fourth-order valence-corrected chi connectivity index (χ4v) is 2.35. The summed E-state index contributed by atoms with van der Waals surface area (Å²) in [6.45, 7) is 2.87. The minimum Gasteiger partial charge on any atom is -0.270 e. The van der Waals surface area contributed by atoms with Gasteiger partial charge in [0.2, 0.25) is 0 Å². The molecule has 2 aromatic rings. The van der Waals surface area contributed by atoms with E-state index in [9.17, 15) is 0 Å². The molecule has 1 atom stereocenters. The molecule has 0 aliphatic rings. The second-order valence-corrected chi connectivity index (χ2v) is 4.50. The fraction of sp³-hybridized carbons (Fsp3) is 0.444. The van der Waals surface area contributed by atoms with E-state index in [1.807, 2.05) is 4.68 Å². The standard InChI is InChI=1S/C9H13ClN6S/c1-2-3-16-9(6(10)4-12-16)8(14-11)7-5-13-17-15-7/h4-5,8,14H,2-3,11H2,1H3. The summed E-state index contributed by atoms with van der Waals surface area (Å²) in [7, 11) is 0. The van der Waals surface area contributed by atoms with E-state index in [0.717, 1.165) is 36.1 Å². The lowest BCUT2D eigenvalue weighted by atomic mass is 10.1. The fourth-order valence-electron chi connectivity index (χ4n) is 1.65. The van der Waals surface area contributed by atoms with Crippen LogP contribution in [-0.4, -0.2) is 18.5 Å². The van der Waals surface area contributed by atoms with Crippen LogP contribution in [0.5, 0.6) is 0 Å². The van der Waals surface area contributed by atoms with Crippen LogP contribution in [0.3, 0.4) is 0 Å². The van der Waals surface area contributed by atoms with E-state index < -0.39 is 0 Å². The van der Waals surface area contributed by atoms with Crippen molar-refractivity contribution in [3.63, 3.8) is 0 Å². The summed E-state index contributed by atoms with van der Waals surface area (Å²) in [6, 6.07) is -0.282. The molecule has 17 heavy (non-hydrogen) atoms. The zero-order chi connectivity index (χ0) is 12.3. The van der Waals surface area contributed by atoms with E-state index in [0.29, 0.717) is 5.02 Å². The van der Waals surface area contributed by atoms with Crippen LogP contribution in [0.15, 0.2) is 12.4 Å². The molecule has 0 aromatic carbocycles. The molecule has 0 fully saturated rings. The first-order valence-electron chi connectivity index (χ1n) is 5.22. The Hall–Kier alpha value is -1.02. The Balaban J connectivity index is 2.39. The van der Waals surface area contributed by atoms with Crippen molar-refractivity contribution in [3.8, 4) is 0 Å². The highest BCUT2D eigenvalue weighted by molar-refractivity contribution is 6.99. The Kier molecular flexibility index (Phi) is 4.06.